The zero-order valence-corrected chi connectivity index (χ0v) is 26.0. The van der Waals surface area contributed by atoms with Crippen molar-refractivity contribution >= 4 is 41.8 Å². The minimum atomic E-state index is -1.71. The highest BCUT2D eigenvalue weighted by Gasteiger charge is 2.58. The van der Waals surface area contributed by atoms with E-state index in [1.807, 2.05) is 0 Å². The second kappa shape index (κ2) is 17.0. The van der Waals surface area contributed by atoms with Crippen LogP contribution >= 0.6 is 0 Å². The molecule has 0 aromatic heterocycles. The highest BCUT2D eigenvalue weighted by Crippen LogP contribution is 2.36. The summed E-state index contributed by atoms with van der Waals surface area (Å²) in [7, 11) is 1.21. The van der Waals surface area contributed by atoms with Gasteiger partial charge in [-0.1, -0.05) is 0 Å². The van der Waals surface area contributed by atoms with Crippen molar-refractivity contribution in [2.75, 3.05) is 20.3 Å². The summed E-state index contributed by atoms with van der Waals surface area (Å²) in [5.41, 5.74) is 0. The predicted octanol–water partition coefficient (Wildman–Crippen LogP) is -0.747. The number of hydrogen-bond acceptors (Lipinski definition) is 18. The Morgan fingerprint density at radius 3 is 1.11 bits per heavy atom. The molecular formula is C27H38O18. The van der Waals surface area contributed by atoms with Gasteiger partial charge in [0.25, 0.3) is 0 Å². The fourth-order valence-electron chi connectivity index (χ4n) is 4.67. The molecule has 2 aliphatic rings. The van der Waals surface area contributed by atoms with Gasteiger partial charge in [-0.05, 0) is 0 Å². The van der Waals surface area contributed by atoms with Gasteiger partial charge in [0.05, 0.1) is 0 Å². The summed E-state index contributed by atoms with van der Waals surface area (Å²) in [6.45, 7) is 6.44. The maximum Gasteiger partial charge on any atom is 0.305 e. The molecule has 2 aliphatic heterocycles. The Balaban J connectivity index is 2.77. The molecule has 0 aliphatic carbocycles. The topological polar surface area (TPSA) is 221 Å². The lowest BCUT2D eigenvalue weighted by Gasteiger charge is -2.49. The number of ether oxygens (including phenoxy) is 11. The predicted molar refractivity (Wildman–Crippen MR) is 140 cm³/mol. The first kappa shape index (κ1) is 37.3. The highest BCUT2D eigenvalue weighted by molar-refractivity contribution is 5.69. The van der Waals surface area contributed by atoms with Crippen LogP contribution < -0.4 is 0 Å². The average Bonchev–Trinajstić information content (AvgIpc) is 2.90. The third-order valence-corrected chi connectivity index (χ3v) is 6.12. The summed E-state index contributed by atoms with van der Waals surface area (Å²) in [6.07, 6.45) is -15.2. The minimum absolute atomic E-state index is 0.487. The summed E-state index contributed by atoms with van der Waals surface area (Å²) >= 11 is 0. The molecule has 18 nitrogen and oxygen atoms in total. The van der Waals surface area contributed by atoms with Crippen LogP contribution in [0.4, 0.5) is 0 Å². The molecule has 0 aromatic carbocycles. The number of esters is 7. The molecule has 0 spiro atoms. The van der Waals surface area contributed by atoms with Crippen LogP contribution in [0.25, 0.3) is 0 Å². The number of hydrogen-bond donors (Lipinski definition) is 0. The third kappa shape index (κ3) is 11.2. The molecule has 2 rings (SSSR count). The van der Waals surface area contributed by atoms with Crippen molar-refractivity contribution in [1.82, 2.24) is 0 Å². The Morgan fingerprint density at radius 2 is 0.778 bits per heavy atom. The van der Waals surface area contributed by atoms with Gasteiger partial charge in [-0.25, -0.2) is 0 Å². The maximum atomic E-state index is 12.3. The van der Waals surface area contributed by atoms with Crippen molar-refractivity contribution in [3.63, 3.8) is 0 Å². The van der Waals surface area contributed by atoms with Gasteiger partial charge in [-0.15, -0.1) is 0 Å². The van der Waals surface area contributed by atoms with E-state index in [1.54, 1.807) is 0 Å². The third-order valence-electron chi connectivity index (χ3n) is 6.12. The van der Waals surface area contributed by atoms with Crippen molar-refractivity contribution in [1.29, 1.82) is 0 Å². The number of carbonyl (C=O) groups excluding carboxylic acids is 7. The van der Waals surface area contributed by atoms with Crippen molar-refractivity contribution in [3.8, 4) is 0 Å². The number of rotatable bonds is 12. The van der Waals surface area contributed by atoms with Crippen LogP contribution in [0.1, 0.15) is 48.5 Å². The van der Waals surface area contributed by atoms with E-state index in [1.165, 1.54) is 7.11 Å². The van der Waals surface area contributed by atoms with E-state index in [9.17, 15) is 33.6 Å². The van der Waals surface area contributed by atoms with Gasteiger partial charge in [0.2, 0.25) is 6.29 Å². The SMILES string of the molecule is CO[C@@H]1O[C@H](COC(C)=O)[C@@H](OC(C)=O)[C@H](O[C@@H]2[C@@H](OC(C)=O)[C@H](OC(C)=O)O[C@H](COC(C)=O)[C@H]2OC(C)=O)[C@H]1OC(C)=O. The fourth-order valence-corrected chi connectivity index (χ4v) is 4.67. The minimum Gasteiger partial charge on any atom is -0.463 e. The van der Waals surface area contributed by atoms with E-state index in [0.29, 0.717) is 0 Å². The van der Waals surface area contributed by atoms with Gasteiger partial charge in [0, 0.05) is 55.6 Å². The van der Waals surface area contributed by atoms with Gasteiger partial charge < -0.3 is 52.1 Å². The lowest BCUT2D eigenvalue weighted by molar-refractivity contribution is -0.344. The maximum absolute atomic E-state index is 12.3. The van der Waals surface area contributed by atoms with Crippen LogP contribution in [-0.2, 0) is 85.7 Å². The Morgan fingerprint density at radius 1 is 0.444 bits per heavy atom. The van der Waals surface area contributed by atoms with Crippen molar-refractivity contribution < 1.29 is 85.7 Å². The molecule has 2 fully saturated rings. The molecule has 0 radical (unpaired) electrons. The molecule has 254 valence electrons. The summed E-state index contributed by atoms with van der Waals surface area (Å²) < 4.78 is 60.6. The van der Waals surface area contributed by atoms with E-state index in [4.69, 9.17) is 52.1 Å². The standard InChI is InChI=1S/C27H38O18/c1-11(28)36-9-18-20(38-13(3)30)22(24(40-15(5)32)26(35-8)43-18)45-23-21(39-14(4)31)19(10-37-12(2)29)44-27(42-17(7)34)25(23)41-16(6)33/h18-27H,9-10H2,1-8H3/t18-,19-,20-,21-,22+,23+,24-,25-,26-,27-/m1/s1. The van der Waals surface area contributed by atoms with Gasteiger partial charge in [-0.2, -0.15) is 0 Å². The summed E-state index contributed by atoms with van der Waals surface area (Å²) in [6, 6.07) is 0. The largest absolute Gasteiger partial charge is 0.463 e. The lowest BCUT2D eigenvalue weighted by atomic mass is 9.94. The van der Waals surface area contributed by atoms with Crippen LogP contribution in [0.2, 0.25) is 0 Å². The zero-order valence-electron chi connectivity index (χ0n) is 26.0. The van der Waals surface area contributed by atoms with Crippen molar-refractivity contribution in [3.05, 3.63) is 0 Å². The van der Waals surface area contributed by atoms with Gasteiger partial charge in [0.1, 0.15) is 37.6 Å². The smallest absolute Gasteiger partial charge is 0.305 e. The Bertz CT molecular complexity index is 1110. The van der Waals surface area contributed by atoms with Crippen molar-refractivity contribution in [2.45, 2.75) is 110 Å². The molecule has 0 amide bonds. The molecule has 0 N–H and O–H groups in total. The molecule has 0 saturated carbocycles. The van der Waals surface area contributed by atoms with E-state index >= 15 is 0 Å². The summed E-state index contributed by atoms with van der Waals surface area (Å²) in [5.74, 6) is -5.81. The zero-order chi connectivity index (χ0) is 34.0. The van der Waals surface area contributed by atoms with Gasteiger partial charge in [0.15, 0.2) is 30.7 Å². The second-order valence-electron chi connectivity index (χ2n) is 9.90. The molecule has 0 bridgehead atoms. The van der Waals surface area contributed by atoms with Gasteiger partial charge in [-0.3, -0.25) is 33.6 Å². The average molecular weight is 651 g/mol. The normalized spacial score (nSPS) is 31.0. The Kier molecular flexibility index (Phi) is 14.1. The molecule has 18 heteroatoms. The first-order chi connectivity index (χ1) is 21.0. The molecule has 0 unspecified atom stereocenters. The second-order valence-corrected chi connectivity index (χ2v) is 9.90. The summed E-state index contributed by atoms with van der Waals surface area (Å²) in [4.78, 5) is 84.3. The highest BCUT2D eigenvalue weighted by atomic mass is 16.8. The molecular weight excluding hydrogens is 612 g/mol. The lowest BCUT2D eigenvalue weighted by Crippen LogP contribution is -2.68. The van der Waals surface area contributed by atoms with Crippen LogP contribution in [0.3, 0.4) is 0 Å². The van der Waals surface area contributed by atoms with Crippen molar-refractivity contribution in [2.24, 2.45) is 0 Å². The van der Waals surface area contributed by atoms with E-state index in [0.717, 1.165) is 48.5 Å². The Labute approximate surface area is 258 Å². The fraction of sp³-hybridized carbons (Fsp3) is 0.741. The van der Waals surface area contributed by atoms with Crippen LogP contribution in [0.15, 0.2) is 0 Å². The van der Waals surface area contributed by atoms with Crippen LogP contribution in [0, 0.1) is 0 Å². The van der Waals surface area contributed by atoms with Gasteiger partial charge >= 0.3 is 41.8 Å². The van der Waals surface area contributed by atoms with Crippen LogP contribution in [-0.4, -0.2) is 124 Å². The molecule has 45 heavy (non-hydrogen) atoms. The number of methoxy groups -OCH3 is 1. The van der Waals surface area contributed by atoms with E-state index < -0.39 is 116 Å². The first-order valence-electron chi connectivity index (χ1n) is 13.7. The van der Waals surface area contributed by atoms with Crippen LogP contribution in [0.5, 0.6) is 0 Å². The summed E-state index contributed by atoms with van der Waals surface area (Å²) in [5, 5.41) is 0. The monoisotopic (exact) mass is 650 g/mol. The molecule has 10 atom stereocenters. The van der Waals surface area contributed by atoms with E-state index in [-0.39, 0.29) is 0 Å². The quantitative estimate of drug-likeness (QED) is 0.187. The molecule has 2 saturated heterocycles. The van der Waals surface area contributed by atoms with E-state index in [2.05, 4.69) is 0 Å². The number of carbonyl (C=O) groups is 7. The first-order valence-corrected chi connectivity index (χ1v) is 13.7. The molecule has 0 aromatic rings. The Hall–Kier alpha value is -3.87. The molecule has 2 heterocycles.